The maximum Gasteiger partial charge on any atom is 0.0565 e. The Hall–Kier alpha value is -2.64. The molecule has 0 aliphatic carbocycles. The summed E-state index contributed by atoms with van der Waals surface area (Å²) >= 11 is 16.0. The minimum absolute atomic E-state index is 0. The van der Waals surface area contributed by atoms with E-state index in [1.807, 2.05) is 24.5 Å². The van der Waals surface area contributed by atoms with Crippen molar-refractivity contribution in [2.75, 3.05) is 26.2 Å². The van der Waals surface area contributed by atoms with Crippen LogP contribution in [0.15, 0.2) is 114 Å². The molecule has 8 heteroatoms. The fourth-order valence-electron chi connectivity index (χ4n) is 6.93. The molecule has 3 heterocycles. The van der Waals surface area contributed by atoms with E-state index in [1.54, 1.807) is 0 Å². The molecular formula is C37H38BrCl3N4. The van der Waals surface area contributed by atoms with Crippen molar-refractivity contribution in [3.8, 4) is 11.1 Å². The van der Waals surface area contributed by atoms with Gasteiger partial charge < -0.3 is 10.6 Å². The number of nitrogens with one attached hydrogen (secondary N) is 3. The Balaban J connectivity index is 0.000000177. The van der Waals surface area contributed by atoms with E-state index in [1.165, 1.54) is 27.8 Å². The Bertz CT molecular complexity index is 1640. The minimum atomic E-state index is 0. The molecule has 0 unspecified atom stereocenters. The smallest absolute Gasteiger partial charge is 0.0565 e. The number of nitrogens with zero attached hydrogens (tertiary/aromatic N) is 1. The molecule has 2 aliphatic heterocycles. The van der Waals surface area contributed by atoms with Crippen molar-refractivity contribution in [1.29, 1.82) is 0 Å². The molecule has 2 fully saturated rings. The van der Waals surface area contributed by atoms with E-state index in [0.29, 0.717) is 0 Å². The Morgan fingerprint density at radius 1 is 0.578 bits per heavy atom. The number of rotatable bonds is 5. The summed E-state index contributed by atoms with van der Waals surface area (Å²) in [5.74, 6) is 0. The van der Waals surface area contributed by atoms with Gasteiger partial charge in [0.25, 0.3) is 0 Å². The molecule has 0 radical (unpaired) electrons. The zero-order valence-electron chi connectivity index (χ0n) is 25.0. The van der Waals surface area contributed by atoms with Gasteiger partial charge in [-0.05, 0) is 116 Å². The lowest BCUT2D eigenvalue weighted by molar-refractivity contribution is 0.362. The third-order valence-electron chi connectivity index (χ3n) is 9.33. The van der Waals surface area contributed by atoms with Crippen LogP contribution in [0.2, 0.25) is 10.0 Å². The van der Waals surface area contributed by atoms with Crippen LogP contribution < -0.4 is 10.6 Å². The number of aromatic nitrogens is 2. The van der Waals surface area contributed by atoms with Crippen molar-refractivity contribution in [1.82, 2.24) is 20.8 Å². The van der Waals surface area contributed by atoms with Crippen LogP contribution in [0.3, 0.4) is 0 Å². The number of benzene rings is 4. The topological polar surface area (TPSA) is 52.7 Å². The summed E-state index contributed by atoms with van der Waals surface area (Å²) in [6, 6.07) is 34.3. The Morgan fingerprint density at radius 3 is 1.47 bits per heavy atom. The van der Waals surface area contributed by atoms with E-state index in [-0.39, 0.29) is 23.2 Å². The van der Waals surface area contributed by atoms with E-state index in [2.05, 4.69) is 122 Å². The molecule has 4 nitrogen and oxygen atoms in total. The van der Waals surface area contributed by atoms with Crippen molar-refractivity contribution >= 4 is 51.5 Å². The highest BCUT2D eigenvalue weighted by Crippen LogP contribution is 2.42. The Morgan fingerprint density at radius 2 is 1.04 bits per heavy atom. The second-order valence-electron chi connectivity index (χ2n) is 11.8. The van der Waals surface area contributed by atoms with Gasteiger partial charge >= 0.3 is 0 Å². The summed E-state index contributed by atoms with van der Waals surface area (Å²) in [5.41, 5.74) is 7.79. The van der Waals surface area contributed by atoms with Crippen molar-refractivity contribution in [2.45, 2.75) is 36.5 Å². The number of H-pyrrole nitrogens is 1. The zero-order valence-corrected chi connectivity index (χ0v) is 29.0. The van der Waals surface area contributed by atoms with Gasteiger partial charge in [0.1, 0.15) is 0 Å². The van der Waals surface area contributed by atoms with Crippen LogP contribution in [0.5, 0.6) is 0 Å². The summed E-state index contributed by atoms with van der Waals surface area (Å²) in [6.07, 6.45) is 8.15. The minimum Gasteiger partial charge on any atom is -0.317 e. The summed E-state index contributed by atoms with van der Waals surface area (Å²) in [4.78, 5) is 0. The maximum absolute atomic E-state index is 6.28. The summed E-state index contributed by atoms with van der Waals surface area (Å²) < 4.78 is 1.12. The van der Waals surface area contributed by atoms with E-state index >= 15 is 0 Å². The highest BCUT2D eigenvalue weighted by atomic mass is 79.9. The third-order valence-corrected chi connectivity index (χ3v) is 10.3. The first-order valence-corrected chi connectivity index (χ1v) is 16.8. The van der Waals surface area contributed by atoms with Gasteiger partial charge in [-0.15, -0.1) is 12.4 Å². The van der Waals surface area contributed by atoms with Crippen LogP contribution in [-0.2, 0) is 10.8 Å². The number of halogens is 4. The molecule has 3 N–H and O–H groups in total. The quantitative estimate of drug-likeness (QED) is 0.169. The van der Waals surface area contributed by atoms with E-state index in [9.17, 15) is 0 Å². The third kappa shape index (κ3) is 7.51. The normalized spacial score (nSPS) is 17.0. The summed E-state index contributed by atoms with van der Waals surface area (Å²) in [6.45, 7) is 4.14. The molecule has 45 heavy (non-hydrogen) atoms. The molecule has 0 bridgehead atoms. The monoisotopic (exact) mass is 722 g/mol. The summed E-state index contributed by atoms with van der Waals surface area (Å²) in [7, 11) is 0. The predicted octanol–water partition coefficient (Wildman–Crippen LogP) is 9.59. The lowest BCUT2D eigenvalue weighted by Crippen LogP contribution is -2.40. The molecule has 2 aliphatic rings. The largest absolute Gasteiger partial charge is 0.317 e. The molecule has 0 atom stereocenters. The van der Waals surface area contributed by atoms with Crippen LogP contribution in [0.4, 0.5) is 0 Å². The lowest BCUT2D eigenvalue weighted by Gasteiger charge is -2.39. The van der Waals surface area contributed by atoms with Crippen LogP contribution in [0.1, 0.15) is 47.9 Å². The highest BCUT2D eigenvalue weighted by molar-refractivity contribution is 9.10. The lowest BCUT2D eigenvalue weighted by atomic mass is 9.68. The number of hydrogen-bond acceptors (Lipinski definition) is 3. The average Bonchev–Trinajstić information content (AvgIpc) is 3.62. The molecule has 7 rings (SSSR count). The van der Waals surface area contributed by atoms with Crippen LogP contribution >= 0.6 is 51.5 Å². The van der Waals surface area contributed by atoms with Gasteiger partial charge in [-0.2, -0.15) is 5.10 Å². The average molecular weight is 725 g/mol. The zero-order chi connectivity index (χ0) is 30.4. The predicted molar refractivity (Wildman–Crippen MR) is 194 cm³/mol. The van der Waals surface area contributed by atoms with Crippen molar-refractivity contribution in [3.63, 3.8) is 0 Å². The molecule has 4 aromatic carbocycles. The second-order valence-corrected chi connectivity index (χ2v) is 13.5. The molecule has 234 valence electrons. The fourth-order valence-corrected chi connectivity index (χ4v) is 7.57. The van der Waals surface area contributed by atoms with Gasteiger partial charge in [0.15, 0.2) is 0 Å². The first-order valence-electron chi connectivity index (χ1n) is 15.3. The van der Waals surface area contributed by atoms with E-state index < -0.39 is 0 Å². The van der Waals surface area contributed by atoms with Crippen LogP contribution in [0.25, 0.3) is 11.1 Å². The molecular weight excluding hydrogens is 687 g/mol. The van der Waals surface area contributed by atoms with Crippen molar-refractivity contribution < 1.29 is 0 Å². The van der Waals surface area contributed by atoms with Gasteiger partial charge in [0, 0.05) is 37.1 Å². The van der Waals surface area contributed by atoms with Crippen LogP contribution in [-0.4, -0.2) is 36.4 Å². The fraction of sp³-hybridized carbons (Fsp3) is 0.270. The Labute approximate surface area is 290 Å². The van der Waals surface area contributed by atoms with Crippen LogP contribution in [0, 0.1) is 0 Å². The molecule has 0 spiro atoms. The van der Waals surface area contributed by atoms with E-state index in [4.69, 9.17) is 23.2 Å². The summed E-state index contributed by atoms with van der Waals surface area (Å²) in [5, 5.41) is 15.5. The van der Waals surface area contributed by atoms with Gasteiger partial charge in [-0.3, -0.25) is 5.10 Å². The molecule has 2 saturated heterocycles. The van der Waals surface area contributed by atoms with E-state index in [0.717, 1.165) is 71.9 Å². The molecule has 5 aromatic rings. The molecule has 1 aromatic heterocycles. The number of aromatic amines is 1. The van der Waals surface area contributed by atoms with Gasteiger partial charge in [-0.1, -0.05) is 99.8 Å². The number of piperidine rings is 2. The van der Waals surface area contributed by atoms with Gasteiger partial charge in [0.2, 0.25) is 0 Å². The first kappa shape index (κ1) is 33.7. The SMILES string of the molecule is Cl.Clc1cccc(C2(c3ccc(-c4cn[nH]c4)cc3)CCNCC2)c1.Clc1cccc(C2(c3ccc(Br)cc3)CCNCC2)c1. The van der Waals surface area contributed by atoms with Gasteiger partial charge in [0.05, 0.1) is 6.20 Å². The molecule has 0 amide bonds. The standard InChI is InChI=1S/C20H20ClN3.C17H17BrClN.ClH/c21-19-3-1-2-18(12-19)20(8-10-22-11-9-20)17-6-4-15(5-7-17)16-13-23-24-14-16;18-15-6-4-13(5-7-15)17(8-10-20-11-9-17)14-2-1-3-16(19)12-14;/h1-7,12-14,22H,8-11H2,(H,23,24);1-7,12,20H,8-11H2;1H. The maximum atomic E-state index is 6.28. The Kier molecular flexibility index (Phi) is 11.5. The van der Waals surface area contributed by atoms with Crippen molar-refractivity contribution in [3.05, 3.63) is 146 Å². The molecule has 0 saturated carbocycles. The van der Waals surface area contributed by atoms with Crippen molar-refractivity contribution in [2.24, 2.45) is 0 Å². The second kappa shape index (κ2) is 15.3. The number of hydrogen-bond donors (Lipinski definition) is 3. The highest BCUT2D eigenvalue weighted by Gasteiger charge is 2.37. The first-order chi connectivity index (χ1) is 21.5. The van der Waals surface area contributed by atoms with Gasteiger partial charge in [-0.25, -0.2) is 0 Å².